The van der Waals surface area contributed by atoms with Crippen molar-refractivity contribution in [3.05, 3.63) is 57.0 Å². The molecule has 0 bridgehead atoms. The number of nitrogens with one attached hydrogen (secondary N) is 1. The van der Waals surface area contributed by atoms with Crippen molar-refractivity contribution in [1.82, 2.24) is 5.32 Å². The Hall–Kier alpha value is -1.23. The Morgan fingerprint density at radius 2 is 1.90 bits per heavy atom. The average Bonchev–Trinajstić information content (AvgIpc) is 2.48. The number of rotatable bonds is 6. The first kappa shape index (κ1) is 16.1. The summed E-state index contributed by atoms with van der Waals surface area (Å²) in [6.07, 6.45) is 0. The maximum Gasteiger partial charge on any atom is 0.179 e. The largest absolute Gasteiger partial charge is 0.493 e. The van der Waals surface area contributed by atoms with Gasteiger partial charge in [0.25, 0.3) is 0 Å². The van der Waals surface area contributed by atoms with Crippen molar-refractivity contribution in [3.8, 4) is 11.5 Å². The van der Waals surface area contributed by atoms with Gasteiger partial charge < -0.3 is 14.8 Å². The van der Waals surface area contributed by atoms with Crippen molar-refractivity contribution in [3.63, 3.8) is 0 Å². The highest BCUT2D eigenvalue weighted by molar-refractivity contribution is 9.10. The van der Waals surface area contributed by atoms with Crippen LogP contribution < -0.4 is 14.8 Å². The van der Waals surface area contributed by atoms with Gasteiger partial charge >= 0.3 is 0 Å². The van der Waals surface area contributed by atoms with Gasteiger partial charge in [-0.2, -0.15) is 0 Å². The van der Waals surface area contributed by atoms with Crippen LogP contribution in [0.2, 0.25) is 5.02 Å². The van der Waals surface area contributed by atoms with Gasteiger partial charge in [-0.25, -0.2) is 0 Å². The molecule has 3 nitrogen and oxygen atoms in total. The standard InChI is InChI=1S/C16H17BrClNO2/c1-20-14-7-6-12(15(18)16(14)21-2)10-19-9-11-4-3-5-13(17)8-11/h3-8,19H,9-10H2,1-2H3. The summed E-state index contributed by atoms with van der Waals surface area (Å²) in [5.41, 5.74) is 2.19. The van der Waals surface area contributed by atoms with Crippen LogP contribution in [0.5, 0.6) is 11.5 Å². The first-order valence-corrected chi connectivity index (χ1v) is 7.67. The monoisotopic (exact) mass is 369 g/mol. The molecule has 0 amide bonds. The van der Waals surface area contributed by atoms with Gasteiger partial charge in [0.15, 0.2) is 11.5 Å². The van der Waals surface area contributed by atoms with Gasteiger partial charge in [0.05, 0.1) is 19.2 Å². The Labute approximate surface area is 138 Å². The number of hydrogen-bond donors (Lipinski definition) is 1. The highest BCUT2D eigenvalue weighted by atomic mass is 79.9. The molecule has 0 spiro atoms. The number of ether oxygens (including phenoxy) is 2. The van der Waals surface area contributed by atoms with Crippen LogP contribution in [0.25, 0.3) is 0 Å². The van der Waals surface area contributed by atoms with E-state index in [9.17, 15) is 0 Å². The van der Waals surface area contributed by atoms with Gasteiger partial charge in [0.2, 0.25) is 0 Å². The first-order chi connectivity index (χ1) is 10.2. The van der Waals surface area contributed by atoms with E-state index in [2.05, 4.69) is 33.4 Å². The van der Waals surface area contributed by atoms with Gasteiger partial charge in [-0.15, -0.1) is 0 Å². The molecule has 21 heavy (non-hydrogen) atoms. The number of benzene rings is 2. The van der Waals surface area contributed by atoms with Crippen LogP contribution in [0.4, 0.5) is 0 Å². The van der Waals surface area contributed by atoms with Crippen LogP contribution in [-0.4, -0.2) is 14.2 Å². The molecule has 0 fully saturated rings. The van der Waals surface area contributed by atoms with E-state index in [0.29, 0.717) is 23.1 Å². The minimum absolute atomic E-state index is 0.570. The van der Waals surface area contributed by atoms with Crippen molar-refractivity contribution in [2.24, 2.45) is 0 Å². The zero-order valence-corrected chi connectivity index (χ0v) is 14.3. The fraction of sp³-hybridized carbons (Fsp3) is 0.250. The van der Waals surface area contributed by atoms with Crippen LogP contribution in [0.1, 0.15) is 11.1 Å². The van der Waals surface area contributed by atoms with Gasteiger partial charge in [0, 0.05) is 17.6 Å². The average molecular weight is 371 g/mol. The summed E-state index contributed by atoms with van der Waals surface area (Å²) in [7, 11) is 3.18. The van der Waals surface area contributed by atoms with E-state index in [-0.39, 0.29) is 0 Å². The van der Waals surface area contributed by atoms with E-state index < -0.39 is 0 Å². The van der Waals surface area contributed by atoms with Crippen molar-refractivity contribution < 1.29 is 9.47 Å². The lowest BCUT2D eigenvalue weighted by atomic mass is 10.2. The number of methoxy groups -OCH3 is 2. The molecule has 0 saturated heterocycles. The third-order valence-corrected chi connectivity index (χ3v) is 4.01. The fourth-order valence-electron chi connectivity index (χ4n) is 2.06. The molecule has 2 aromatic rings. The molecule has 1 N–H and O–H groups in total. The predicted molar refractivity (Wildman–Crippen MR) is 89.2 cm³/mol. The Balaban J connectivity index is 2.03. The zero-order chi connectivity index (χ0) is 15.2. The smallest absolute Gasteiger partial charge is 0.179 e. The number of halogens is 2. The summed E-state index contributed by atoms with van der Waals surface area (Å²) in [4.78, 5) is 0. The highest BCUT2D eigenvalue weighted by Crippen LogP contribution is 2.37. The van der Waals surface area contributed by atoms with Crippen molar-refractivity contribution in [1.29, 1.82) is 0 Å². The summed E-state index contributed by atoms with van der Waals surface area (Å²) >= 11 is 9.81. The molecule has 0 unspecified atom stereocenters. The topological polar surface area (TPSA) is 30.5 Å². The Bertz CT molecular complexity index is 619. The van der Waals surface area contributed by atoms with E-state index in [4.69, 9.17) is 21.1 Å². The maximum absolute atomic E-state index is 6.35. The summed E-state index contributed by atoms with van der Waals surface area (Å²) in [6.45, 7) is 1.43. The molecule has 0 aliphatic heterocycles. The zero-order valence-electron chi connectivity index (χ0n) is 12.0. The second-order valence-corrected chi connectivity index (χ2v) is 5.80. The van der Waals surface area contributed by atoms with Crippen molar-refractivity contribution in [2.75, 3.05) is 14.2 Å². The molecule has 0 aliphatic rings. The lowest BCUT2D eigenvalue weighted by molar-refractivity contribution is 0.354. The van der Waals surface area contributed by atoms with Crippen LogP contribution in [0.3, 0.4) is 0 Å². The molecular weight excluding hydrogens is 354 g/mol. The van der Waals surface area contributed by atoms with Crippen LogP contribution >= 0.6 is 27.5 Å². The van der Waals surface area contributed by atoms with E-state index in [0.717, 1.165) is 16.6 Å². The summed E-state index contributed by atoms with van der Waals surface area (Å²) in [6, 6.07) is 12.0. The SMILES string of the molecule is COc1ccc(CNCc2cccc(Br)c2)c(Cl)c1OC. The van der Waals surface area contributed by atoms with Crippen LogP contribution in [0, 0.1) is 0 Å². The van der Waals surface area contributed by atoms with Gasteiger partial charge in [-0.05, 0) is 29.3 Å². The van der Waals surface area contributed by atoms with Crippen LogP contribution in [0.15, 0.2) is 40.9 Å². The molecule has 2 rings (SSSR count). The fourth-order valence-corrected chi connectivity index (χ4v) is 2.80. The molecule has 0 saturated carbocycles. The second-order valence-electron chi connectivity index (χ2n) is 4.51. The Morgan fingerprint density at radius 3 is 2.57 bits per heavy atom. The molecule has 0 heterocycles. The van der Waals surface area contributed by atoms with Gasteiger partial charge in [-0.1, -0.05) is 45.7 Å². The quantitative estimate of drug-likeness (QED) is 0.817. The lowest BCUT2D eigenvalue weighted by Crippen LogP contribution is -2.13. The van der Waals surface area contributed by atoms with Gasteiger partial charge in [-0.3, -0.25) is 0 Å². The minimum Gasteiger partial charge on any atom is -0.493 e. The second kappa shape index (κ2) is 7.69. The van der Waals surface area contributed by atoms with Gasteiger partial charge in [0.1, 0.15) is 0 Å². The lowest BCUT2D eigenvalue weighted by Gasteiger charge is -2.13. The molecular formula is C16H17BrClNO2. The summed E-state index contributed by atoms with van der Waals surface area (Å²) in [5.74, 6) is 1.21. The Morgan fingerprint density at radius 1 is 1.10 bits per heavy atom. The molecule has 112 valence electrons. The molecule has 0 aliphatic carbocycles. The number of hydrogen-bond acceptors (Lipinski definition) is 3. The molecule has 2 aromatic carbocycles. The van der Waals surface area contributed by atoms with E-state index in [1.807, 2.05) is 24.3 Å². The van der Waals surface area contributed by atoms with E-state index in [1.165, 1.54) is 5.56 Å². The maximum atomic E-state index is 6.35. The first-order valence-electron chi connectivity index (χ1n) is 6.50. The molecule has 5 heteroatoms. The third-order valence-electron chi connectivity index (χ3n) is 3.10. The van der Waals surface area contributed by atoms with Crippen molar-refractivity contribution in [2.45, 2.75) is 13.1 Å². The van der Waals surface area contributed by atoms with Crippen molar-refractivity contribution >= 4 is 27.5 Å². The third kappa shape index (κ3) is 4.13. The van der Waals surface area contributed by atoms with E-state index >= 15 is 0 Å². The highest BCUT2D eigenvalue weighted by Gasteiger charge is 2.12. The molecule has 0 radical (unpaired) electrons. The van der Waals surface area contributed by atoms with E-state index in [1.54, 1.807) is 14.2 Å². The minimum atomic E-state index is 0.570. The molecule has 0 aromatic heterocycles. The summed E-state index contributed by atoms with van der Waals surface area (Å²) < 4.78 is 11.6. The Kier molecular flexibility index (Phi) is 5.91. The van der Waals surface area contributed by atoms with Crippen LogP contribution in [-0.2, 0) is 13.1 Å². The summed E-state index contributed by atoms with van der Waals surface area (Å²) in [5, 5.41) is 3.96. The molecule has 0 atom stereocenters. The normalized spacial score (nSPS) is 10.5. The predicted octanol–water partition coefficient (Wildman–Crippen LogP) is 4.41.